The molecule has 4 heteroatoms. The van der Waals surface area contributed by atoms with Crippen LogP contribution < -0.4 is 0 Å². The molecule has 6 rings (SSSR count). The fourth-order valence-corrected chi connectivity index (χ4v) is 6.36. The molecule has 4 aliphatic carbocycles. The van der Waals surface area contributed by atoms with Crippen molar-refractivity contribution >= 4 is 11.9 Å². The van der Waals surface area contributed by atoms with Crippen LogP contribution >= 0.6 is 0 Å². The third kappa shape index (κ3) is 3.39. The highest BCUT2D eigenvalue weighted by molar-refractivity contribution is 5.94. The second kappa shape index (κ2) is 7.32. The van der Waals surface area contributed by atoms with Crippen LogP contribution in [0.5, 0.6) is 0 Å². The predicted octanol–water partition coefficient (Wildman–Crippen LogP) is 5.02. The predicted molar refractivity (Wildman–Crippen MR) is 113 cm³/mol. The second-order valence-corrected chi connectivity index (χ2v) is 9.20. The molecule has 2 aromatic rings. The Morgan fingerprint density at radius 3 is 1.97 bits per heavy atom. The van der Waals surface area contributed by atoms with Crippen molar-refractivity contribution in [1.82, 2.24) is 0 Å². The van der Waals surface area contributed by atoms with E-state index < -0.39 is 11.9 Å². The van der Waals surface area contributed by atoms with E-state index in [1.54, 1.807) is 0 Å². The zero-order valence-electron chi connectivity index (χ0n) is 16.7. The topological polar surface area (TPSA) is 74.6 Å². The fourth-order valence-electron chi connectivity index (χ4n) is 6.36. The first kappa shape index (κ1) is 18.9. The minimum atomic E-state index is -1.12. The summed E-state index contributed by atoms with van der Waals surface area (Å²) in [6.07, 6.45) is 7.00. The van der Waals surface area contributed by atoms with Crippen LogP contribution in [0.25, 0.3) is 0 Å². The van der Waals surface area contributed by atoms with Crippen LogP contribution in [0.15, 0.2) is 42.5 Å². The first-order valence-corrected chi connectivity index (χ1v) is 10.7. The lowest BCUT2D eigenvalue weighted by Gasteiger charge is -2.54. The van der Waals surface area contributed by atoms with E-state index in [9.17, 15) is 14.7 Å². The van der Waals surface area contributed by atoms with Crippen molar-refractivity contribution in [1.29, 1.82) is 0 Å². The lowest BCUT2D eigenvalue weighted by molar-refractivity contribution is -0.00278. The molecule has 0 saturated heterocycles. The van der Waals surface area contributed by atoms with Gasteiger partial charge < -0.3 is 10.2 Å². The van der Waals surface area contributed by atoms with Gasteiger partial charge in [-0.15, -0.1) is 0 Å². The van der Waals surface area contributed by atoms with Gasteiger partial charge in [0.25, 0.3) is 0 Å². The Hall–Kier alpha value is -3.06. The van der Waals surface area contributed by atoms with Gasteiger partial charge in [-0.1, -0.05) is 24.0 Å². The summed E-state index contributed by atoms with van der Waals surface area (Å²) in [6.45, 7) is 0. The number of hydrogen-bond acceptors (Lipinski definition) is 2. The highest BCUT2D eigenvalue weighted by atomic mass is 16.4. The van der Waals surface area contributed by atoms with Crippen molar-refractivity contribution in [3.63, 3.8) is 0 Å². The van der Waals surface area contributed by atoms with E-state index in [0.29, 0.717) is 5.92 Å². The van der Waals surface area contributed by atoms with Crippen LogP contribution in [-0.2, 0) is 0 Å². The van der Waals surface area contributed by atoms with E-state index in [2.05, 4.69) is 24.0 Å². The van der Waals surface area contributed by atoms with Gasteiger partial charge in [0, 0.05) is 11.1 Å². The third-order valence-corrected chi connectivity index (χ3v) is 7.36. The monoisotopic (exact) mass is 400 g/mol. The molecule has 0 radical (unpaired) electrons. The van der Waals surface area contributed by atoms with Gasteiger partial charge in [0.1, 0.15) is 0 Å². The molecule has 4 saturated carbocycles. The van der Waals surface area contributed by atoms with Crippen LogP contribution in [0.2, 0.25) is 0 Å². The Kier molecular flexibility index (Phi) is 4.62. The summed E-state index contributed by atoms with van der Waals surface area (Å²) in [6, 6.07) is 12.3. The summed E-state index contributed by atoms with van der Waals surface area (Å²) in [5, 5.41) is 18.5. The Morgan fingerprint density at radius 1 is 0.767 bits per heavy atom. The highest BCUT2D eigenvalue weighted by Gasteiger charge is 2.48. The lowest BCUT2D eigenvalue weighted by Crippen LogP contribution is -2.43. The molecule has 0 spiro atoms. The molecule has 4 nitrogen and oxygen atoms in total. The molecule has 4 fully saturated rings. The van der Waals surface area contributed by atoms with Gasteiger partial charge in [-0.3, -0.25) is 0 Å². The molecule has 0 atom stereocenters. The highest BCUT2D eigenvalue weighted by Crippen LogP contribution is 2.59. The van der Waals surface area contributed by atoms with E-state index in [-0.39, 0.29) is 16.7 Å². The molecular weight excluding hydrogens is 376 g/mol. The Bertz CT molecular complexity index is 1040. The van der Waals surface area contributed by atoms with E-state index >= 15 is 0 Å². The normalized spacial score (nSPS) is 28.6. The largest absolute Gasteiger partial charge is 0.478 e. The van der Waals surface area contributed by atoms with Crippen molar-refractivity contribution in [2.75, 3.05) is 0 Å². The first-order chi connectivity index (χ1) is 14.5. The molecule has 4 bridgehead atoms. The smallest absolute Gasteiger partial charge is 0.336 e. The number of carbonyl (C=O) groups is 2. The van der Waals surface area contributed by atoms with Gasteiger partial charge in [0.2, 0.25) is 0 Å². The van der Waals surface area contributed by atoms with Crippen molar-refractivity contribution in [3.8, 4) is 11.8 Å². The minimum Gasteiger partial charge on any atom is -0.478 e. The zero-order valence-corrected chi connectivity index (χ0v) is 16.7. The number of aromatic carboxylic acids is 2. The summed E-state index contributed by atoms with van der Waals surface area (Å²) >= 11 is 0. The van der Waals surface area contributed by atoms with Gasteiger partial charge >= 0.3 is 11.9 Å². The summed E-state index contributed by atoms with van der Waals surface area (Å²) in [4.78, 5) is 22.6. The average molecular weight is 400 g/mol. The van der Waals surface area contributed by atoms with E-state index in [0.717, 1.165) is 29.2 Å². The van der Waals surface area contributed by atoms with Crippen molar-refractivity contribution in [3.05, 3.63) is 70.3 Å². The molecule has 0 amide bonds. The Labute approximate surface area is 175 Å². The van der Waals surface area contributed by atoms with Crippen molar-refractivity contribution < 1.29 is 19.8 Å². The molecule has 0 heterocycles. The van der Waals surface area contributed by atoms with Gasteiger partial charge in [0.05, 0.1) is 11.1 Å². The molecule has 4 aliphatic rings. The molecule has 2 N–H and O–H groups in total. The maximum atomic E-state index is 11.4. The Morgan fingerprint density at radius 2 is 1.40 bits per heavy atom. The summed E-state index contributed by atoms with van der Waals surface area (Å²) < 4.78 is 0. The lowest BCUT2D eigenvalue weighted by atomic mass is 9.51. The molecule has 0 aliphatic heterocycles. The first-order valence-electron chi connectivity index (χ1n) is 10.7. The number of carboxylic acids is 2. The maximum absolute atomic E-state index is 11.4. The standard InChI is InChI=1S/C26H24O4/c27-25(28)20-7-8-23(26(29)30)19(14-20)6-3-15-1-4-18(5-2-15)24-21-10-16-9-17(12-21)13-22(24)11-16/h1-2,4-5,7-8,14,16-17,21-22,24H,9-13H2,(H,27,28)(H,29,30). The van der Waals surface area contributed by atoms with Crippen molar-refractivity contribution in [2.24, 2.45) is 23.7 Å². The van der Waals surface area contributed by atoms with E-state index in [1.165, 1.54) is 55.9 Å². The quantitative estimate of drug-likeness (QED) is 0.709. The van der Waals surface area contributed by atoms with Crippen LogP contribution in [0, 0.1) is 35.5 Å². The molecule has 30 heavy (non-hydrogen) atoms. The number of carboxylic acid groups (broad SMARTS) is 2. The molecular formula is C26H24O4. The van der Waals surface area contributed by atoms with Gasteiger partial charge in [-0.2, -0.15) is 0 Å². The fraction of sp³-hybridized carbons (Fsp3) is 0.385. The van der Waals surface area contributed by atoms with Crippen LogP contribution in [0.1, 0.15) is 75.4 Å². The summed E-state index contributed by atoms with van der Waals surface area (Å²) in [7, 11) is 0. The maximum Gasteiger partial charge on any atom is 0.336 e. The molecule has 2 aromatic carbocycles. The SMILES string of the molecule is O=C(O)c1ccc(C(=O)O)c(C#Cc2ccc(C3C4CC5CC(C4)CC3C5)cc2)c1. The van der Waals surface area contributed by atoms with Gasteiger partial charge in [-0.25, -0.2) is 9.59 Å². The third-order valence-electron chi connectivity index (χ3n) is 7.36. The second-order valence-electron chi connectivity index (χ2n) is 9.20. The molecule has 0 unspecified atom stereocenters. The van der Waals surface area contributed by atoms with Crippen LogP contribution in [0.4, 0.5) is 0 Å². The van der Waals surface area contributed by atoms with E-state index in [1.807, 2.05) is 12.1 Å². The van der Waals surface area contributed by atoms with Crippen molar-refractivity contribution in [2.45, 2.75) is 38.0 Å². The van der Waals surface area contributed by atoms with E-state index in [4.69, 9.17) is 5.11 Å². The minimum absolute atomic E-state index is 0.0118. The summed E-state index contributed by atoms with van der Waals surface area (Å²) in [5.41, 5.74) is 2.47. The molecule has 152 valence electrons. The average Bonchev–Trinajstić information content (AvgIpc) is 2.72. The van der Waals surface area contributed by atoms with Gasteiger partial charge in [-0.05, 0) is 97.6 Å². The Balaban J connectivity index is 1.39. The summed E-state index contributed by atoms with van der Waals surface area (Å²) in [5.74, 6) is 7.90. The number of rotatable bonds is 3. The van der Waals surface area contributed by atoms with Gasteiger partial charge in [0.15, 0.2) is 0 Å². The van der Waals surface area contributed by atoms with Crippen LogP contribution in [-0.4, -0.2) is 22.2 Å². The number of hydrogen-bond donors (Lipinski definition) is 2. The molecule has 0 aromatic heterocycles. The zero-order chi connectivity index (χ0) is 20.8. The van der Waals surface area contributed by atoms with Crippen LogP contribution in [0.3, 0.4) is 0 Å². The number of benzene rings is 2.